The second kappa shape index (κ2) is 6.43. The van der Waals surface area contributed by atoms with Crippen LogP contribution in [0.1, 0.15) is 48.0 Å². The number of carbonyl (C=O) groups is 2. The highest BCUT2D eigenvalue weighted by atomic mass is 28.4. The van der Waals surface area contributed by atoms with Crippen LogP contribution in [0.3, 0.4) is 0 Å². The van der Waals surface area contributed by atoms with Gasteiger partial charge in [0.25, 0.3) is 0 Å². The lowest BCUT2D eigenvalue weighted by Crippen LogP contribution is -2.45. The van der Waals surface area contributed by atoms with Gasteiger partial charge in [0.05, 0.1) is 6.10 Å². The molecular weight excluding hydrogens is 314 g/mol. The van der Waals surface area contributed by atoms with Gasteiger partial charge in [0.2, 0.25) is 0 Å². The summed E-state index contributed by atoms with van der Waals surface area (Å²) in [5, 5.41) is 9.45. The molecule has 0 aromatic rings. The van der Waals surface area contributed by atoms with Crippen molar-refractivity contribution >= 4 is 20.4 Å². The molecule has 0 saturated carbocycles. The second-order valence-corrected chi connectivity index (χ2v) is 13.5. The average Bonchev–Trinajstić information content (AvgIpc) is 2.68. The lowest BCUT2D eigenvalue weighted by Gasteiger charge is -2.38. The number of carboxylic acid groups (broad SMARTS) is 1. The summed E-state index contributed by atoms with van der Waals surface area (Å²) in [4.78, 5) is 25.1. The van der Waals surface area contributed by atoms with Gasteiger partial charge in [-0.3, -0.25) is 4.90 Å². The molecule has 6 nitrogen and oxygen atoms in total. The molecule has 1 saturated heterocycles. The third-order valence-corrected chi connectivity index (χ3v) is 8.98. The van der Waals surface area contributed by atoms with E-state index >= 15 is 0 Å². The number of nitrogens with zero attached hydrogens (tertiary/aromatic N) is 1. The van der Waals surface area contributed by atoms with Crippen molar-refractivity contribution in [2.75, 3.05) is 6.54 Å². The van der Waals surface area contributed by atoms with Crippen LogP contribution in [-0.4, -0.2) is 54.7 Å². The molecule has 0 bridgehead atoms. The molecule has 1 unspecified atom stereocenters. The molecular formula is C16H31NO5Si. The van der Waals surface area contributed by atoms with Crippen molar-refractivity contribution < 1.29 is 23.9 Å². The van der Waals surface area contributed by atoms with Crippen LogP contribution < -0.4 is 0 Å². The van der Waals surface area contributed by atoms with Crippen molar-refractivity contribution in [1.29, 1.82) is 0 Å². The van der Waals surface area contributed by atoms with E-state index in [0.29, 0.717) is 6.42 Å². The predicted molar refractivity (Wildman–Crippen MR) is 91.1 cm³/mol. The minimum absolute atomic E-state index is 0.0328. The quantitative estimate of drug-likeness (QED) is 0.793. The summed E-state index contributed by atoms with van der Waals surface area (Å²) >= 11 is 0. The molecule has 1 aliphatic heterocycles. The summed E-state index contributed by atoms with van der Waals surface area (Å²) in [5.41, 5.74) is -0.654. The molecule has 0 aliphatic carbocycles. The van der Waals surface area contributed by atoms with Gasteiger partial charge in [-0.25, -0.2) is 9.59 Å². The van der Waals surface area contributed by atoms with E-state index in [2.05, 4.69) is 33.9 Å². The summed E-state index contributed by atoms with van der Waals surface area (Å²) in [5.74, 6) is -1.02. The topological polar surface area (TPSA) is 76.1 Å². The van der Waals surface area contributed by atoms with Crippen LogP contribution in [0.25, 0.3) is 0 Å². The monoisotopic (exact) mass is 345 g/mol. The first-order valence-corrected chi connectivity index (χ1v) is 10.9. The Labute approximate surface area is 140 Å². The van der Waals surface area contributed by atoms with Crippen LogP contribution in [0, 0.1) is 0 Å². The van der Waals surface area contributed by atoms with Crippen molar-refractivity contribution in [3.63, 3.8) is 0 Å². The Balaban J connectivity index is 2.87. The van der Waals surface area contributed by atoms with Crippen LogP contribution in [0.5, 0.6) is 0 Å². The van der Waals surface area contributed by atoms with E-state index in [1.807, 2.05) is 0 Å². The van der Waals surface area contributed by atoms with Gasteiger partial charge in [-0.15, -0.1) is 0 Å². The molecule has 23 heavy (non-hydrogen) atoms. The van der Waals surface area contributed by atoms with E-state index in [4.69, 9.17) is 9.16 Å². The third kappa shape index (κ3) is 5.21. The molecule has 1 heterocycles. The lowest BCUT2D eigenvalue weighted by atomic mass is 10.2. The fraction of sp³-hybridized carbons (Fsp3) is 0.875. The maximum atomic E-state index is 12.3. The molecule has 1 aliphatic rings. The Morgan fingerprint density at radius 3 is 2.04 bits per heavy atom. The fourth-order valence-electron chi connectivity index (χ4n) is 2.23. The van der Waals surface area contributed by atoms with Gasteiger partial charge < -0.3 is 14.3 Å². The van der Waals surface area contributed by atoms with Gasteiger partial charge in [0.1, 0.15) is 11.6 Å². The standard InChI is InChI=1S/C16H31NO5Si/c1-15(2,3)21-14(20)17-10-11(9-12(17)13(18)19)22-23(7,8)16(4,5)6/h11-12H,9-10H2,1-8H3,(H,18,19)/t11?,12-/m0/s1. The van der Waals surface area contributed by atoms with Crippen molar-refractivity contribution in [2.24, 2.45) is 0 Å². The average molecular weight is 346 g/mol. The van der Waals surface area contributed by atoms with Crippen LogP contribution >= 0.6 is 0 Å². The van der Waals surface area contributed by atoms with Crippen LogP contribution in [-0.2, 0) is 14.0 Å². The first-order valence-electron chi connectivity index (χ1n) is 8.04. The number of carboxylic acids is 1. The number of amides is 1. The number of ether oxygens (including phenoxy) is 1. The zero-order valence-electron chi connectivity index (χ0n) is 15.6. The molecule has 1 rings (SSSR count). The summed E-state index contributed by atoms with van der Waals surface area (Å²) in [6.45, 7) is 16.2. The van der Waals surface area contributed by atoms with Gasteiger partial charge in [-0.1, -0.05) is 20.8 Å². The molecule has 0 aromatic carbocycles. The number of hydrogen-bond acceptors (Lipinski definition) is 4. The minimum Gasteiger partial charge on any atom is -0.480 e. The number of aliphatic carboxylic acids is 1. The maximum Gasteiger partial charge on any atom is 0.411 e. The van der Waals surface area contributed by atoms with Crippen molar-refractivity contribution in [3.05, 3.63) is 0 Å². The molecule has 0 aromatic heterocycles. The fourth-order valence-corrected chi connectivity index (χ4v) is 3.59. The predicted octanol–water partition coefficient (Wildman–Crippen LogP) is 3.47. The minimum atomic E-state index is -2.02. The highest BCUT2D eigenvalue weighted by Gasteiger charge is 2.46. The highest BCUT2D eigenvalue weighted by molar-refractivity contribution is 6.74. The van der Waals surface area contributed by atoms with Gasteiger partial charge in [-0.05, 0) is 38.9 Å². The zero-order valence-corrected chi connectivity index (χ0v) is 16.6. The molecule has 0 spiro atoms. The normalized spacial score (nSPS) is 23.0. The number of likely N-dealkylation sites (tertiary alicyclic amines) is 1. The first-order chi connectivity index (χ1) is 10.1. The Bertz CT molecular complexity index is 464. The smallest absolute Gasteiger partial charge is 0.411 e. The Morgan fingerprint density at radius 1 is 1.13 bits per heavy atom. The van der Waals surface area contributed by atoms with E-state index in [-0.39, 0.29) is 17.7 Å². The van der Waals surface area contributed by atoms with E-state index in [0.717, 1.165) is 0 Å². The van der Waals surface area contributed by atoms with Gasteiger partial charge >= 0.3 is 12.1 Å². The van der Waals surface area contributed by atoms with E-state index in [1.54, 1.807) is 20.8 Å². The summed E-state index contributed by atoms with van der Waals surface area (Å²) in [7, 11) is -2.02. The maximum absolute atomic E-state index is 12.3. The Morgan fingerprint density at radius 2 is 1.65 bits per heavy atom. The first kappa shape index (κ1) is 20.0. The highest BCUT2D eigenvalue weighted by Crippen LogP contribution is 2.39. The third-order valence-electron chi connectivity index (χ3n) is 4.44. The summed E-state index contributed by atoms with van der Waals surface area (Å²) < 4.78 is 11.6. The van der Waals surface area contributed by atoms with Crippen molar-refractivity contribution in [3.8, 4) is 0 Å². The van der Waals surface area contributed by atoms with Crippen molar-refractivity contribution in [2.45, 2.75) is 83.8 Å². The largest absolute Gasteiger partial charge is 0.480 e. The molecule has 1 amide bonds. The SMILES string of the molecule is CC(C)(C)OC(=O)N1CC(O[Si](C)(C)C(C)(C)C)C[C@H]1C(=O)O. The number of carbonyl (C=O) groups excluding carboxylic acids is 1. The Hall–Kier alpha value is -1.08. The second-order valence-electron chi connectivity index (χ2n) is 8.72. The van der Waals surface area contributed by atoms with Crippen molar-refractivity contribution in [1.82, 2.24) is 4.90 Å². The van der Waals surface area contributed by atoms with Gasteiger partial charge in [0, 0.05) is 13.0 Å². The van der Waals surface area contributed by atoms with Gasteiger partial charge in [0.15, 0.2) is 8.32 Å². The van der Waals surface area contributed by atoms with Crippen LogP contribution in [0.2, 0.25) is 18.1 Å². The van der Waals surface area contributed by atoms with Crippen LogP contribution in [0.4, 0.5) is 4.79 Å². The molecule has 7 heteroatoms. The van der Waals surface area contributed by atoms with E-state index in [1.165, 1.54) is 4.90 Å². The molecule has 134 valence electrons. The lowest BCUT2D eigenvalue weighted by molar-refractivity contribution is -0.142. The summed E-state index contributed by atoms with van der Waals surface area (Å²) in [6.07, 6.45) is -0.545. The Kier molecular flexibility index (Phi) is 5.58. The number of hydrogen-bond donors (Lipinski definition) is 1. The zero-order chi connectivity index (χ0) is 18.2. The van der Waals surface area contributed by atoms with Crippen LogP contribution in [0.15, 0.2) is 0 Å². The van der Waals surface area contributed by atoms with E-state index < -0.39 is 32.0 Å². The molecule has 1 fully saturated rings. The van der Waals surface area contributed by atoms with Gasteiger partial charge in [-0.2, -0.15) is 0 Å². The summed E-state index contributed by atoms with van der Waals surface area (Å²) in [6, 6.07) is -0.889. The van der Waals surface area contributed by atoms with E-state index in [9.17, 15) is 14.7 Å². The molecule has 1 N–H and O–H groups in total. The number of rotatable bonds is 3. The molecule has 2 atom stereocenters. The molecule has 0 radical (unpaired) electrons.